The summed E-state index contributed by atoms with van der Waals surface area (Å²) in [5, 5.41) is 70.7. The topological polar surface area (TPSA) is 198 Å². The molecule has 0 aliphatic carbocycles. The van der Waals surface area contributed by atoms with E-state index in [9.17, 15) is 40.5 Å². The first-order valence-electron chi connectivity index (χ1n) is 8.06. The smallest absolute Gasteiger partial charge is 0.217 e. The minimum atomic E-state index is -1.73. The predicted molar refractivity (Wildman–Crippen MR) is 80.2 cm³/mol. The van der Waals surface area contributed by atoms with Crippen molar-refractivity contribution in [1.29, 1.82) is 0 Å². The molecule has 0 saturated carbocycles. The Balaban J connectivity index is 2.16. The molecule has 10 atom stereocenters. The van der Waals surface area contributed by atoms with Gasteiger partial charge in [-0.1, -0.05) is 0 Å². The van der Waals surface area contributed by atoms with Crippen molar-refractivity contribution >= 4 is 5.91 Å². The largest absolute Gasteiger partial charge is 0.394 e. The van der Waals surface area contributed by atoms with Gasteiger partial charge in [-0.3, -0.25) is 4.79 Å². The number of nitrogens with one attached hydrogen (secondary N) is 1. The second-order valence-electron chi connectivity index (χ2n) is 6.26. The maximum atomic E-state index is 11.2. The number of aliphatic hydroxyl groups excluding tert-OH is 7. The van der Waals surface area contributed by atoms with Gasteiger partial charge in [0.15, 0.2) is 12.6 Å². The summed E-state index contributed by atoms with van der Waals surface area (Å²) in [7, 11) is 0. The number of hydrogen-bond acceptors (Lipinski definition) is 11. The predicted octanol–water partition coefficient (Wildman–Crippen LogP) is -5.25. The fourth-order valence-electron chi connectivity index (χ4n) is 2.98. The summed E-state index contributed by atoms with van der Waals surface area (Å²) in [5.41, 5.74) is 0. The van der Waals surface area contributed by atoms with E-state index < -0.39 is 80.5 Å². The van der Waals surface area contributed by atoms with E-state index >= 15 is 0 Å². The molecule has 0 aromatic heterocycles. The summed E-state index contributed by atoms with van der Waals surface area (Å²) in [5.74, 6) is -0.564. The second-order valence-corrected chi connectivity index (χ2v) is 6.26. The number of amides is 1. The normalized spacial score (nSPS) is 46.8. The fourth-order valence-corrected chi connectivity index (χ4v) is 2.98. The lowest BCUT2D eigenvalue weighted by Gasteiger charge is -2.46. The van der Waals surface area contributed by atoms with Crippen LogP contribution in [0, 0.1) is 0 Å². The summed E-state index contributed by atoms with van der Waals surface area (Å²) in [6.45, 7) is -0.195. The van der Waals surface area contributed by atoms with Crippen molar-refractivity contribution in [2.45, 2.75) is 68.3 Å². The van der Waals surface area contributed by atoms with Crippen molar-refractivity contribution in [3.8, 4) is 0 Å². The van der Waals surface area contributed by atoms with E-state index in [1.807, 2.05) is 0 Å². The molecular formula is C14H25NO11. The van der Waals surface area contributed by atoms with Crippen LogP contribution in [0.25, 0.3) is 0 Å². The van der Waals surface area contributed by atoms with Gasteiger partial charge in [-0.15, -0.1) is 0 Å². The molecule has 8 N–H and O–H groups in total. The number of carbonyl (C=O) groups is 1. The molecule has 2 unspecified atom stereocenters. The van der Waals surface area contributed by atoms with Crippen molar-refractivity contribution in [2.75, 3.05) is 13.2 Å². The van der Waals surface area contributed by atoms with Gasteiger partial charge in [-0.25, -0.2) is 0 Å². The SMILES string of the molecule is CC(=O)N[C@H]1[C@@H](O)[C@@H](O[C@@H]2OC(CO)[C@H](O)[C@H](O)[C@H]2O)C(CO)O[C@H]1O. The minimum Gasteiger partial charge on any atom is -0.394 e. The van der Waals surface area contributed by atoms with Crippen LogP contribution in [0.2, 0.25) is 0 Å². The lowest BCUT2D eigenvalue weighted by Crippen LogP contribution is -2.67. The van der Waals surface area contributed by atoms with Gasteiger partial charge in [0.05, 0.1) is 13.2 Å². The van der Waals surface area contributed by atoms with Crippen molar-refractivity contribution in [3.05, 3.63) is 0 Å². The van der Waals surface area contributed by atoms with Crippen LogP contribution in [0.3, 0.4) is 0 Å². The highest BCUT2D eigenvalue weighted by Crippen LogP contribution is 2.28. The van der Waals surface area contributed by atoms with E-state index in [0.29, 0.717) is 0 Å². The highest BCUT2D eigenvalue weighted by molar-refractivity contribution is 5.73. The highest BCUT2D eigenvalue weighted by atomic mass is 16.7. The first-order chi connectivity index (χ1) is 12.2. The van der Waals surface area contributed by atoms with E-state index in [4.69, 9.17) is 14.2 Å². The molecule has 152 valence electrons. The Morgan fingerprint density at radius 1 is 0.923 bits per heavy atom. The Labute approximate surface area is 148 Å². The first kappa shape index (κ1) is 21.4. The Morgan fingerprint density at radius 3 is 2.08 bits per heavy atom. The lowest BCUT2D eigenvalue weighted by molar-refractivity contribution is -0.345. The Hall–Kier alpha value is -0.930. The van der Waals surface area contributed by atoms with E-state index in [1.54, 1.807) is 0 Å². The van der Waals surface area contributed by atoms with Gasteiger partial charge in [0.25, 0.3) is 0 Å². The molecule has 0 spiro atoms. The molecule has 1 amide bonds. The molecule has 0 radical (unpaired) electrons. The van der Waals surface area contributed by atoms with Crippen molar-refractivity contribution in [3.63, 3.8) is 0 Å². The van der Waals surface area contributed by atoms with Crippen LogP contribution in [0.4, 0.5) is 0 Å². The molecule has 2 fully saturated rings. The van der Waals surface area contributed by atoms with Crippen LogP contribution in [-0.2, 0) is 19.0 Å². The Morgan fingerprint density at radius 2 is 1.54 bits per heavy atom. The monoisotopic (exact) mass is 383 g/mol. The minimum absolute atomic E-state index is 0.564. The Kier molecular flexibility index (Phi) is 7.27. The number of carbonyl (C=O) groups excluding carboxylic acids is 1. The summed E-state index contributed by atoms with van der Waals surface area (Å²) < 4.78 is 15.7. The Bertz CT molecular complexity index is 478. The third-order valence-corrected chi connectivity index (χ3v) is 4.38. The summed E-state index contributed by atoms with van der Waals surface area (Å²) in [4.78, 5) is 11.2. The highest BCUT2D eigenvalue weighted by Gasteiger charge is 2.50. The molecule has 2 rings (SSSR count). The van der Waals surface area contributed by atoms with Gasteiger partial charge in [0.1, 0.15) is 48.8 Å². The maximum Gasteiger partial charge on any atom is 0.217 e. The molecule has 0 aromatic rings. The molecule has 26 heavy (non-hydrogen) atoms. The summed E-state index contributed by atoms with van der Waals surface area (Å²) >= 11 is 0. The first-order valence-corrected chi connectivity index (χ1v) is 8.06. The zero-order valence-corrected chi connectivity index (χ0v) is 14.0. The zero-order valence-electron chi connectivity index (χ0n) is 14.0. The third kappa shape index (κ3) is 4.31. The van der Waals surface area contributed by atoms with Crippen molar-refractivity contribution in [2.24, 2.45) is 0 Å². The average Bonchev–Trinajstić information content (AvgIpc) is 2.60. The quantitative estimate of drug-likeness (QED) is 0.226. The van der Waals surface area contributed by atoms with E-state index in [2.05, 4.69) is 5.32 Å². The zero-order chi connectivity index (χ0) is 19.6. The number of ether oxygens (including phenoxy) is 3. The van der Waals surface area contributed by atoms with Crippen LogP contribution in [0.15, 0.2) is 0 Å². The summed E-state index contributed by atoms with van der Waals surface area (Å²) in [6, 6.07) is -1.29. The average molecular weight is 383 g/mol. The van der Waals surface area contributed by atoms with Crippen LogP contribution >= 0.6 is 0 Å². The molecule has 2 aliphatic heterocycles. The molecule has 2 saturated heterocycles. The third-order valence-electron chi connectivity index (χ3n) is 4.38. The standard InChI is InChI=1S/C14H25NO11/c1-4(18)15-7-9(20)12(6(3-17)24-13(7)23)26-14-11(22)10(21)8(19)5(2-16)25-14/h5-14,16-17,19-23H,2-3H2,1H3,(H,15,18)/t5?,6?,7-,8-,9+,10-,11+,12-,13+,14-/m0/s1. The molecular weight excluding hydrogens is 358 g/mol. The molecule has 0 bridgehead atoms. The van der Waals surface area contributed by atoms with E-state index in [1.165, 1.54) is 0 Å². The van der Waals surface area contributed by atoms with Gasteiger partial charge in [0.2, 0.25) is 5.91 Å². The molecule has 2 heterocycles. The van der Waals surface area contributed by atoms with E-state index in [-0.39, 0.29) is 0 Å². The number of aliphatic hydroxyl groups is 7. The van der Waals surface area contributed by atoms with Crippen molar-refractivity contribution < 1.29 is 54.8 Å². The number of rotatable bonds is 5. The fraction of sp³-hybridized carbons (Fsp3) is 0.929. The summed E-state index contributed by atoms with van der Waals surface area (Å²) in [6.07, 6.45) is -13.6. The van der Waals surface area contributed by atoms with Gasteiger partial charge >= 0.3 is 0 Å². The maximum absolute atomic E-state index is 11.2. The second kappa shape index (κ2) is 8.84. The molecule has 2 aliphatic rings. The molecule has 12 heteroatoms. The molecule has 0 aromatic carbocycles. The van der Waals surface area contributed by atoms with Gasteiger partial charge in [0, 0.05) is 6.92 Å². The lowest BCUT2D eigenvalue weighted by atomic mass is 9.95. The van der Waals surface area contributed by atoms with Crippen LogP contribution < -0.4 is 5.32 Å². The van der Waals surface area contributed by atoms with Gasteiger partial charge in [-0.2, -0.15) is 0 Å². The van der Waals surface area contributed by atoms with Crippen LogP contribution in [0.1, 0.15) is 6.92 Å². The van der Waals surface area contributed by atoms with Crippen LogP contribution in [-0.4, -0.2) is 116 Å². The van der Waals surface area contributed by atoms with Gasteiger partial charge in [-0.05, 0) is 0 Å². The number of hydrogen-bond donors (Lipinski definition) is 8. The van der Waals surface area contributed by atoms with E-state index in [0.717, 1.165) is 6.92 Å². The van der Waals surface area contributed by atoms with Gasteiger partial charge < -0.3 is 55.3 Å². The van der Waals surface area contributed by atoms with Crippen molar-refractivity contribution in [1.82, 2.24) is 5.32 Å². The molecule has 12 nitrogen and oxygen atoms in total. The van der Waals surface area contributed by atoms with Crippen LogP contribution in [0.5, 0.6) is 0 Å².